The van der Waals surface area contributed by atoms with Crippen molar-refractivity contribution in [3.05, 3.63) is 41.2 Å². The minimum atomic E-state index is -4.74. The van der Waals surface area contributed by atoms with Crippen LogP contribution in [-0.2, 0) is 22.7 Å². The average Bonchev–Trinajstić information content (AvgIpc) is 3.05. The molecular weight excluding hydrogens is 377 g/mol. The van der Waals surface area contributed by atoms with Gasteiger partial charge in [-0.3, -0.25) is 9.59 Å². The summed E-state index contributed by atoms with van der Waals surface area (Å²) < 4.78 is 45.8. The molecule has 1 aromatic rings. The van der Waals surface area contributed by atoms with Gasteiger partial charge in [-0.25, -0.2) is 0 Å². The zero-order chi connectivity index (χ0) is 20.5. The first-order valence-corrected chi connectivity index (χ1v) is 8.60. The Bertz CT molecular complexity index is 851. The molecule has 0 saturated carbocycles. The third kappa shape index (κ3) is 4.00. The average molecular weight is 396 g/mol. The van der Waals surface area contributed by atoms with E-state index in [4.69, 9.17) is 4.74 Å². The van der Waals surface area contributed by atoms with E-state index in [0.717, 1.165) is 17.3 Å². The van der Waals surface area contributed by atoms with Crippen molar-refractivity contribution in [2.75, 3.05) is 20.2 Å². The number of rotatable bonds is 5. The highest BCUT2D eigenvalue weighted by Gasteiger charge is 2.50. The van der Waals surface area contributed by atoms with Crippen LogP contribution in [0.3, 0.4) is 0 Å². The maximum absolute atomic E-state index is 13.4. The van der Waals surface area contributed by atoms with Gasteiger partial charge in [-0.15, -0.1) is 5.11 Å². The molecule has 2 aliphatic heterocycles. The maximum atomic E-state index is 13.4. The van der Waals surface area contributed by atoms with Crippen molar-refractivity contribution in [2.24, 2.45) is 16.1 Å². The fraction of sp³-hybridized carbons (Fsp3) is 0.444. The van der Waals surface area contributed by atoms with E-state index in [1.54, 1.807) is 25.2 Å². The van der Waals surface area contributed by atoms with Gasteiger partial charge in [0.05, 0.1) is 18.4 Å². The van der Waals surface area contributed by atoms with Crippen LogP contribution in [0.1, 0.15) is 18.1 Å². The van der Waals surface area contributed by atoms with Gasteiger partial charge >= 0.3 is 6.18 Å². The first kappa shape index (κ1) is 19.8. The van der Waals surface area contributed by atoms with E-state index in [0.29, 0.717) is 12.3 Å². The standard InChI is InChI=1S/C18H19F3N4O3/c1-11(26)24(2)6-7-28-15-5-3-4-12-9-25(10-13(12)15)14-8-22-23-17(27)16(14)18(19,20)21/h3-5,8,16H,6-7,9-10H2,1-2H3. The van der Waals surface area contributed by atoms with E-state index in [1.165, 1.54) is 16.7 Å². The Morgan fingerprint density at radius 3 is 2.79 bits per heavy atom. The number of fused-ring (bicyclic) bond motifs is 1. The number of halogens is 3. The monoisotopic (exact) mass is 396 g/mol. The lowest BCUT2D eigenvalue weighted by Crippen LogP contribution is -2.38. The number of ether oxygens (including phenoxy) is 1. The summed E-state index contributed by atoms with van der Waals surface area (Å²) in [5.74, 6) is -3.17. The fourth-order valence-electron chi connectivity index (χ4n) is 3.13. The van der Waals surface area contributed by atoms with Crippen molar-refractivity contribution < 1.29 is 27.5 Å². The SMILES string of the molecule is CC(=O)N(C)CCOc1cccc2c1CN(C1=CN=NC(=O)C1C(F)(F)F)C2. The number of carbonyl (C=O) groups is 2. The molecule has 2 aliphatic rings. The zero-order valence-electron chi connectivity index (χ0n) is 15.4. The summed E-state index contributed by atoms with van der Waals surface area (Å²) in [4.78, 5) is 25.9. The van der Waals surface area contributed by atoms with E-state index >= 15 is 0 Å². The molecule has 10 heteroatoms. The zero-order valence-corrected chi connectivity index (χ0v) is 15.4. The van der Waals surface area contributed by atoms with E-state index in [9.17, 15) is 22.8 Å². The molecule has 0 N–H and O–H groups in total. The number of hydrogen-bond acceptors (Lipinski definition) is 5. The number of carbonyl (C=O) groups excluding carboxylic acids is 2. The molecule has 1 aromatic carbocycles. The molecule has 0 bridgehead atoms. The molecule has 1 atom stereocenters. The second-order valence-corrected chi connectivity index (χ2v) is 6.62. The second kappa shape index (κ2) is 7.61. The van der Waals surface area contributed by atoms with Gasteiger partial charge in [-0.05, 0) is 11.6 Å². The molecular formula is C18H19F3N4O3. The number of hydrogen-bond donors (Lipinski definition) is 0. The molecule has 0 radical (unpaired) electrons. The van der Waals surface area contributed by atoms with Gasteiger partial charge in [-0.2, -0.15) is 18.3 Å². The Morgan fingerprint density at radius 1 is 1.36 bits per heavy atom. The molecule has 1 unspecified atom stereocenters. The molecule has 2 heterocycles. The molecule has 3 rings (SSSR count). The van der Waals surface area contributed by atoms with Gasteiger partial charge < -0.3 is 14.5 Å². The Balaban J connectivity index is 1.76. The summed E-state index contributed by atoms with van der Waals surface area (Å²) in [6.45, 7) is 2.47. The van der Waals surface area contributed by atoms with Crippen LogP contribution in [0, 0.1) is 5.92 Å². The van der Waals surface area contributed by atoms with Crippen LogP contribution in [0.5, 0.6) is 5.75 Å². The molecule has 28 heavy (non-hydrogen) atoms. The van der Waals surface area contributed by atoms with Crippen LogP contribution in [0.15, 0.2) is 40.3 Å². The summed E-state index contributed by atoms with van der Waals surface area (Å²) >= 11 is 0. The lowest BCUT2D eigenvalue weighted by Gasteiger charge is -2.29. The van der Waals surface area contributed by atoms with Crippen LogP contribution in [0.4, 0.5) is 13.2 Å². The van der Waals surface area contributed by atoms with E-state index < -0.39 is 18.0 Å². The first-order chi connectivity index (χ1) is 13.2. The molecule has 0 saturated heterocycles. The minimum absolute atomic E-state index is 0.0886. The third-order valence-electron chi connectivity index (χ3n) is 4.74. The minimum Gasteiger partial charge on any atom is -0.491 e. The third-order valence-corrected chi connectivity index (χ3v) is 4.74. The summed E-state index contributed by atoms with van der Waals surface area (Å²) in [5.41, 5.74) is 1.35. The lowest BCUT2D eigenvalue weighted by molar-refractivity contribution is -0.177. The molecule has 0 spiro atoms. The predicted octanol–water partition coefficient (Wildman–Crippen LogP) is 2.87. The van der Waals surface area contributed by atoms with Gasteiger partial charge in [0.25, 0.3) is 5.91 Å². The Hall–Kier alpha value is -2.91. The van der Waals surface area contributed by atoms with E-state index in [-0.39, 0.29) is 31.3 Å². The lowest BCUT2D eigenvalue weighted by atomic mass is 10.0. The van der Waals surface area contributed by atoms with Crippen LogP contribution in [0.25, 0.3) is 0 Å². The number of nitrogens with zero attached hydrogens (tertiary/aromatic N) is 4. The molecule has 7 nitrogen and oxygen atoms in total. The number of likely N-dealkylation sites (N-methyl/N-ethyl adjacent to an activating group) is 1. The second-order valence-electron chi connectivity index (χ2n) is 6.62. The Labute approximate surface area is 159 Å². The van der Waals surface area contributed by atoms with E-state index in [1.807, 2.05) is 0 Å². The summed E-state index contributed by atoms with van der Waals surface area (Å²) in [5, 5.41) is 6.47. The quantitative estimate of drug-likeness (QED) is 0.767. The number of azo groups is 1. The maximum Gasteiger partial charge on any atom is 0.406 e. The van der Waals surface area contributed by atoms with Crippen molar-refractivity contribution in [1.29, 1.82) is 0 Å². The summed E-state index contributed by atoms with van der Waals surface area (Å²) in [7, 11) is 1.65. The molecule has 150 valence electrons. The van der Waals surface area contributed by atoms with Crippen LogP contribution >= 0.6 is 0 Å². The number of benzene rings is 1. The first-order valence-electron chi connectivity index (χ1n) is 8.60. The highest BCUT2D eigenvalue weighted by Crippen LogP contribution is 2.41. The van der Waals surface area contributed by atoms with Crippen LogP contribution < -0.4 is 4.74 Å². The van der Waals surface area contributed by atoms with Gasteiger partial charge in [0.1, 0.15) is 12.4 Å². The van der Waals surface area contributed by atoms with Gasteiger partial charge in [0, 0.05) is 32.6 Å². The van der Waals surface area contributed by atoms with Crippen LogP contribution in [0.2, 0.25) is 0 Å². The normalized spacial score (nSPS) is 18.8. The van der Waals surface area contributed by atoms with Crippen molar-refractivity contribution in [3.8, 4) is 5.75 Å². The number of alkyl halides is 3. The van der Waals surface area contributed by atoms with Crippen molar-refractivity contribution >= 4 is 11.8 Å². The molecule has 0 aromatic heterocycles. The van der Waals surface area contributed by atoms with Gasteiger partial charge in [-0.1, -0.05) is 12.1 Å². The van der Waals surface area contributed by atoms with Crippen molar-refractivity contribution in [3.63, 3.8) is 0 Å². The summed E-state index contributed by atoms with van der Waals surface area (Å²) in [6.07, 6.45) is -3.75. The smallest absolute Gasteiger partial charge is 0.406 e. The fourth-order valence-corrected chi connectivity index (χ4v) is 3.13. The Kier molecular flexibility index (Phi) is 5.39. The van der Waals surface area contributed by atoms with Gasteiger partial charge in [0.15, 0.2) is 5.92 Å². The topological polar surface area (TPSA) is 74.6 Å². The number of amides is 2. The van der Waals surface area contributed by atoms with Crippen molar-refractivity contribution in [1.82, 2.24) is 9.80 Å². The van der Waals surface area contributed by atoms with Crippen molar-refractivity contribution in [2.45, 2.75) is 26.2 Å². The highest BCUT2D eigenvalue weighted by molar-refractivity contribution is 5.83. The van der Waals surface area contributed by atoms with Gasteiger partial charge in [0.2, 0.25) is 5.91 Å². The highest BCUT2D eigenvalue weighted by atomic mass is 19.4. The largest absolute Gasteiger partial charge is 0.491 e. The van der Waals surface area contributed by atoms with Crippen LogP contribution in [-0.4, -0.2) is 48.0 Å². The van der Waals surface area contributed by atoms with E-state index in [2.05, 4.69) is 10.2 Å². The summed E-state index contributed by atoms with van der Waals surface area (Å²) in [6, 6.07) is 5.30. The molecule has 0 aliphatic carbocycles. The molecule has 2 amide bonds. The Morgan fingerprint density at radius 2 is 2.11 bits per heavy atom. The molecule has 0 fully saturated rings. The predicted molar refractivity (Wildman–Crippen MR) is 92.0 cm³/mol.